The maximum absolute atomic E-state index is 13.9. The van der Waals surface area contributed by atoms with Gasteiger partial charge in [-0.3, -0.25) is 19.5 Å². The van der Waals surface area contributed by atoms with Crippen molar-refractivity contribution in [1.82, 2.24) is 20.5 Å². The molecule has 0 unspecified atom stereocenters. The number of benzene rings is 3. The number of pyridine rings is 1. The summed E-state index contributed by atoms with van der Waals surface area (Å²) in [6, 6.07) is 21.7. The van der Waals surface area contributed by atoms with Gasteiger partial charge in [0.2, 0.25) is 0 Å². The van der Waals surface area contributed by atoms with Crippen molar-refractivity contribution < 1.29 is 33.3 Å². The summed E-state index contributed by atoms with van der Waals surface area (Å²) < 4.78 is 29.0. The van der Waals surface area contributed by atoms with E-state index < -0.39 is 0 Å². The number of piperidine rings is 1. The molecule has 11 heteroatoms. The van der Waals surface area contributed by atoms with Gasteiger partial charge in [0, 0.05) is 49.6 Å². The number of hydrogen-bond donors (Lipinski definition) is 2. The van der Waals surface area contributed by atoms with Crippen LogP contribution in [0.5, 0.6) is 28.7 Å². The zero-order valence-electron chi connectivity index (χ0n) is 26.7. The highest BCUT2D eigenvalue weighted by Crippen LogP contribution is 2.34. The van der Waals surface area contributed by atoms with E-state index in [4.69, 9.17) is 23.7 Å². The van der Waals surface area contributed by atoms with Gasteiger partial charge in [0.25, 0.3) is 11.8 Å². The summed E-state index contributed by atoms with van der Waals surface area (Å²) in [5, 5.41) is 6.17. The van der Waals surface area contributed by atoms with Gasteiger partial charge in [-0.05, 0) is 60.0 Å². The van der Waals surface area contributed by atoms with Crippen LogP contribution in [0, 0.1) is 0 Å². The first-order valence-electron chi connectivity index (χ1n) is 15.5. The summed E-state index contributed by atoms with van der Waals surface area (Å²) in [6.07, 6.45) is 2.07. The number of rotatable bonds is 5. The van der Waals surface area contributed by atoms with Gasteiger partial charge < -0.3 is 34.3 Å². The van der Waals surface area contributed by atoms with E-state index in [0.29, 0.717) is 66.9 Å². The third-order valence-electron chi connectivity index (χ3n) is 8.37. The molecule has 0 aliphatic carbocycles. The number of carbonyl (C=O) groups is 2. The number of nitrogens with one attached hydrogen (secondary N) is 2. The summed E-state index contributed by atoms with van der Waals surface area (Å²) in [5.41, 5.74) is 3.65. The highest BCUT2D eigenvalue weighted by atomic mass is 16.5. The summed E-state index contributed by atoms with van der Waals surface area (Å²) in [6.45, 7) is 1.96. The fraction of sp³-hybridized carbons (Fsp3) is 0.306. The lowest BCUT2D eigenvalue weighted by molar-refractivity contribution is -0.123. The predicted molar refractivity (Wildman–Crippen MR) is 175 cm³/mol. The molecule has 1 saturated heterocycles. The SMILES string of the molecule is COc1ccc2cc1-c1cccc(c1)OCC(=O)NCc1ccc(cc1)O[C@@H]1CCN(Cc3nccc(OC)c3OC)C[C@H]1NC2=O. The second-order valence-corrected chi connectivity index (χ2v) is 11.4. The van der Waals surface area contributed by atoms with Gasteiger partial charge in [0.05, 0.1) is 27.4 Å². The van der Waals surface area contributed by atoms with Crippen molar-refractivity contribution in [2.24, 2.45) is 0 Å². The number of ether oxygens (including phenoxy) is 5. The molecule has 3 aromatic carbocycles. The van der Waals surface area contributed by atoms with Crippen LogP contribution in [0.2, 0.25) is 0 Å². The fourth-order valence-corrected chi connectivity index (χ4v) is 5.94. The Kier molecular flexibility index (Phi) is 9.72. The van der Waals surface area contributed by atoms with E-state index in [9.17, 15) is 9.59 Å². The average molecular weight is 639 g/mol. The van der Waals surface area contributed by atoms with Crippen LogP contribution in [0.15, 0.2) is 79.0 Å². The molecule has 1 fully saturated rings. The van der Waals surface area contributed by atoms with Gasteiger partial charge in [-0.15, -0.1) is 0 Å². The van der Waals surface area contributed by atoms with Crippen molar-refractivity contribution in [2.75, 3.05) is 41.0 Å². The Morgan fingerprint density at radius 2 is 1.72 bits per heavy atom. The quantitative estimate of drug-likeness (QED) is 0.331. The van der Waals surface area contributed by atoms with Gasteiger partial charge in [0.1, 0.15) is 29.0 Å². The molecule has 7 rings (SSSR count). The Morgan fingerprint density at radius 1 is 0.894 bits per heavy atom. The highest BCUT2D eigenvalue weighted by molar-refractivity contribution is 5.96. The van der Waals surface area contributed by atoms with Crippen LogP contribution < -0.4 is 34.3 Å². The molecular formula is C36H38N4O7. The molecule has 0 saturated carbocycles. The monoisotopic (exact) mass is 638 g/mol. The highest BCUT2D eigenvalue weighted by Gasteiger charge is 2.33. The second kappa shape index (κ2) is 14.4. The minimum atomic E-state index is -0.348. The first kappa shape index (κ1) is 31.7. The standard InChI is InChI=1S/C36H38N4O7/c1-43-31-12-9-25-18-28(31)24-5-4-6-27(17-24)46-22-34(41)38-19-23-7-10-26(11-8-23)47-32-14-16-40(20-29(32)39-36(25)42)21-30-35(45-3)33(44-2)13-15-37-30/h4-13,15,17-18,29,32H,14,16,19-22H2,1-3H3,(H,38,41)(H,39,42)/t29-,32-/m1/s1. The molecule has 0 spiro atoms. The van der Waals surface area contributed by atoms with Crippen molar-refractivity contribution in [3.63, 3.8) is 0 Å². The molecule has 2 atom stereocenters. The molecule has 244 valence electrons. The van der Waals surface area contributed by atoms with Crippen LogP contribution >= 0.6 is 0 Å². The minimum Gasteiger partial charge on any atom is -0.496 e. The van der Waals surface area contributed by atoms with Crippen molar-refractivity contribution in [3.8, 4) is 39.9 Å². The van der Waals surface area contributed by atoms with Crippen molar-refractivity contribution in [3.05, 3.63) is 95.8 Å². The molecule has 3 aliphatic heterocycles. The van der Waals surface area contributed by atoms with Crippen LogP contribution in [0.3, 0.4) is 0 Å². The Labute approximate surface area is 273 Å². The van der Waals surface area contributed by atoms with E-state index in [1.165, 1.54) is 0 Å². The van der Waals surface area contributed by atoms with Crippen molar-refractivity contribution in [2.45, 2.75) is 31.7 Å². The molecule has 4 heterocycles. The third kappa shape index (κ3) is 7.41. The molecule has 4 aromatic rings. The fourth-order valence-electron chi connectivity index (χ4n) is 5.94. The largest absolute Gasteiger partial charge is 0.496 e. The van der Waals surface area contributed by atoms with Crippen LogP contribution in [0.25, 0.3) is 11.1 Å². The topological polar surface area (TPSA) is 120 Å². The summed E-state index contributed by atoms with van der Waals surface area (Å²) >= 11 is 0. The molecule has 6 bridgehead atoms. The van der Waals surface area contributed by atoms with E-state index in [1.54, 1.807) is 57.9 Å². The third-order valence-corrected chi connectivity index (χ3v) is 8.37. The van der Waals surface area contributed by atoms with E-state index >= 15 is 0 Å². The number of likely N-dealkylation sites (tertiary alicyclic amines) is 1. The lowest BCUT2D eigenvalue weighted by Gasteiger charge is -2.39. The van der Waals surface area contributed by atoms with Crippen LogP contribution in [-0.4, -0.2) is 74.9 Å². The van der Waals surface area contributed by atoms with Gasteiger partial charge in [-0.25, -0.2) is 0 Å². The smallest absolute Gasteiger partial charge is 0.258 e. The first-order chi connectivity index (χ1) is 22.9. The number of amides is 2. The Bertz CT molecular complexity index is 1730. The molecule has 11 nitrogen and oxygen atoms in total. The van der Waals surface area contributed by atoms with Crippen molar-refractivity contribution >= 4 is 11.8 Å². The number of carbonyl (C=O) groups excluding carboxylic acids is 2. The average Bonchev–Trinajstić information content (AvgIpc) is 3.10. The molecule has 3 aliphatic rings. The molecule has 2 amide bonds. The number of nitrogens with zero attached hydrogens (tertiary/aromatic N) is 2. The van der Waals surface area contributed by atoms with E-state index in [2.05, 4.69) is 20.5 Å². The number of fused-ring (bicyclic) bond motifs is 7. The number of aromatic nitrogens is 1. The van der Waals surface area contributed by atoms with E-state index in [0.717, 1.165) is 22.4 Å². The van der Waals surface area contributed by atoms with Crippen molar-refractivity contribution in [1.29, 1.82) is 0 Å². The maximum atomic E-state index is 13.9. The summed E-state index contributed by atoms with van der Waals surface area (Å²) in [4.78, 5) is 33.2. The van der Waals surface area contributed by atoms with Crippen LogP contribution in [0.4, 0.5) is 0 Å². The van der Waals surface area contributed by atoms with Crippen LogP contribution in [0.1, 0.15) is 28.0 Å². The van der Waals surface area contributed by atoms with Gasteiger partial charge in [-0.1, -0.05) is 24.3 Å². The summed E-state index contributed by atoms with van der Waals surface area (Å²) in [7, 11) is 4.79. The molecular weight excluding hydrogens is 600 g/mol. The molecule has 2 N–H and O–H groups in total. The van der Waals surface area contributed by atoms with Crippen LogP contribution in [-0.2, 0) is 17.9 Å². The lowest BCUT2D eigenvalue weighted by Crippen LogP contribution is -2.56. The molecule has 0 radical (unpaired) electrons. The Morgan fingerprint density at radius 3 is 2.51 bits per heavy atom. The predicted octanol–water partition coefficient (Wildman–Crippen LogP) is 4.23. The van der Waals surface area contributed by atoms with Gasteiger partial charge in [-0.2, -0.15) is 0 Å². The lowest BCUT2D eigenvalue weighted by atomic mass is 9.99. The first-order valence-corrected chi connectivity index (χ1v) is 15.5. The van der Waals surface area contributed by atoms with Gasteiger partial charge in [0.15, 0.2) is 18.1 Å². The Hall–Kier alpha value is -5.29. The zero-order chi connectivity index (χ0) is 32.8. The molecule has 1 aromatic heterocycles. The minimum absolute atomic E-state index is 0.134. The zero-order valence-corrected chi connectivity index (χ0v) is 26.7. The molecule has 47 heavy (non-hydrogen) atoms. The second-order valence-electron chi connectivity index (χ2n) is 11.4. The Balaban J connectivity index is 1.32. The number of methoxy groups -OCH3 is 3. The van der Waals surface area contributed by atoms with E-state index in [1.807, 2.05) is 42.5 Å². The van der Waals surface area contributed by atoms with Gasteiger partial charge >= 0.3 is 0 Å². The number of hydrogen-bond acceptors (Lipinski definition) is 9. The van der Waals surface area contributed by atoms with E-state index in [-0.39, 0.29) is 30.6 Å². The summed E-state index contributed by atoms with van der Waals surface area (Å²) in [5.74, 6) is 2.53. The maximum Gasteiger partial charge on any atom is 0.258 e. The normalized spacial score (nSPS) is 18.4.